The number of rotatable bonds is 1. The third-order valence-corrected chi connectivity index (χ3v) is 3.63. The van der Waals surface area contributed by atoms with E-state index in [-0.39, 0.29) is 26.2 Å². The normalized spacial score (nSPS) is 11.7. The number of aromatic nitrogens is 1. The number of benzene rings is 1. The third kappa shape index (κ3) is 2.80. The maximum atomic E-state index is 13.0. The molecule has 2 nitrogen and oxygen atoms in total. The maximum absolute atomic E-state index is 13.0. The minimum Gasteiger partial charge on any atom is -0.318 e. The summed E-state index contributed by atoms with van der Waals surface area (Å²) in [6, 6.07) is 4.66. The smallest absolute Gasteiger partial charge is 0.318 e. The Labute approximate surface area is 126 Å². The third-order valence-electron chi connectivity index (χ3n) is 2.52. The van der Waals surface area contributed by atoms with Gasteiger partial charge in [-0.15, -0.1) is 0 Å². The topological polar surface area (TPSA) is 32.9 Å². The molecule has 0 spiro atoms. The molecule has 0 aliphatic heterocycles. The van der Waals surface area contributed by atoms with Crippen LogP contribution in [0.5, 0.6) is 0 Å². The molecule has 0 saturated heterocycles. The number of aromatic amines is 1. The molecular formula is C12H5Cl3F3NO. The van der Waals surface area contributed by atoms with Crippen molar-refractivity contribution in [2.45, 2.75) is 6.18 Å². The molecule has 0 aliphatic rings. The van der Waals surface area contributed by atoms with Gasteiger partial charge in [0, 0.05) is 17.2 Å². The summed E-state index contributed by atoms with van der Waals surface area (Å²) < 4.78 is 39.0. The van der Waals surface area contributed by atoms with Crippen molar-refractivity contribution < 1.29 is 13.2 Å². The van der Waals surface area contributed by atoms with Gasteiger partial charge >= 0.3 is 6.18 Å². The van der Waals surface area contributed by atoms with E-state index in [2.05, 4.69) is 0 Å². The molecule has 0 atom stereocenters. The number of nitrogens with one attached hydrogen (secondary N) is 1. The summed E-state index contributed by atoms with van der Waals surface area (Å²) in [6.45, 7) is 0. The lowest BCUT2D eigenvalue weighted by Gasteiger charge is -2.15. The molecule has 0 aliphatic carbocycles. The number of alkyl halides is 3. The predicted octanol–water partition coefficient (Wildman–Crippen LogP) is 5.02. The van der Waals surface area contributed by atoms with Crippen molar-refractivity contribution >= 4 is 34.8 Å². The van der Waals surface area contributed by atoms with E-state index in [1.54, 1.807) is 4.98 Å². The standard InChI is InChI=1S/C12H5Cl3F3NO/c13-6-2-3-7(14)10(15)9(6)5-1-4-8(20)19-11(5)12(16,17)18/h1-4H,(H,19,20). The van der Waals surface area contributed by atoms with Crippen LogP contribution in [0.2, 0.25) is 15.1 Å². The van der Waals surface area contributed by atoms with Gasteiger partial charge < -0.3 is 4.98 Å². The zero-order valence-corrected chi connectivity index (χ0v) is 11.8. The van der Waals surface area contributed by atoms with Crippen LogP contribution in [0.1, 0.15) is 5.69 Å². The first-order chi connectivity index (χ1) is 9.21. The molecule has 1 aromatic heterocycles. The van der Waals surface area contributed by atoms with Crippen LogP contribution in [0.15, 0.2) is 29.1 Å². The molecule has 8 heteroatoms. The summed E-state index contributed by atoms with van der Waals surface area (Å²) in [5.74, 6) is 0. The van der Waals surface area contributed by atoms with E-state index in [1.165, 1.54) is 12.1 Å². The second kappa shape index (κ2) is 5.31. The lowest BCUT2D eigenvalue weighted by atomic mass is 10.0. The Balaban J connectivity index is 2.84. The van der Waals surface area contributed by atoms with Gasteiger partial charge in [0.2, 0.25) is 5.56 Å². The lowest BCUT2D eigenvalue weighted by Crippen LogP contribution is -2.17. The monoisotopic (exact) mass is 341 g/mol. The highest BCUT2D eigenvalue weighted by molar-refractivity contribution is 6.46. The molecule has 2 rings (SSSR count). The van der Waals surface area contributed by atoms with Gasteiger partial charge in [-0.2, -0.15) is 13.2 Å². The first kappa shape index (κ1) is 15.2. The SMILES string of the molecule is O=c1ccc(-c2c(Cl)ccc(Cl)c2Cl)c(C(F)(F)F)[nH]1. The van der Waals surface area contributed by atoms with Gasteiger partial charge in [0.15, 0.2) is 0 Å². The van der Waals surface area contributed by atoms with Crippen LogP contribution >= 0.6 is 34.8 Å². The van der Waals surface area contributed by atoms with E-state index in [0.29, 0.717) is 0 Å². The van der Waals surface area contributed by atoms with E-state index in [1.807, 2.05) is 0 Å². The molecule has 106 valence electrons. The number of pyridine rings is 1. The summed E-state index contributed by atoms with van der Waals surface area (Å²) in [5, 5.41) is -0.0564. The summed E-state index contributed by atoms with van der Waals surface area (Å²) in [4.78, 5) is 12.9. The van der Waals surface area contributed by atoms with Crippen molar-refractivity contribution in [1.29, 1.82) is 0 Å². The molecule has 0 amide bonds. The highest BCUT2D eigenvalue weighted by atomic mass is 35.5. The van der Waals surface area contributed by atoms with Crippen LogP contribution in [-0.2, 0) is 6.18 Å². The minimum absolute atomic E-state index is 0.00283. The van der Waals surface area contributed by atoms with Crippen LogP contribution in [0.25, 0.3) is 11.1 Å². The molecule has 0 saturated carbocycles. The van der Waals surface area contributed by atoms with Crippen molar-refractivity contribution in [3.63, 3.8) is 0 Å². The number of halogens is 6. The summed E-state index contributed by atoms with van der Waals surface area (Å²) in [7, 11) is 0. The molecule has 1 heterocycles. The van der Waals surface area contributed by atoms with Gasteiger partial charge in [-0.05, 0) is 18.2 Å². The largest absolute Gasteiger partial charge is 0.431 e. The molecular weight excluding hydrogens is 337 g/mol. The van der Waals surface area contributed by atoms with Gasteiger partial charge in [0.05, 0.1) is 15.1 Å². The molecule has 0 radical (unpaired) electrons. The van der Waals surface area contributed by atoms with Gasteiger partial charge in [-0.25, -0.2) is 0 Å². The average molecular weight is 343 g/mol. The van der Waals surface area contributed by atoms with E-state index < -0.39 is 17.4 Å². The second-order valence-electron chi connectivity index (χ2n) is 3.83. The molecule has 0 fully saturated rings. The Hall–Kier alpha value is -1.17. The van der Waals surface area contributed by atoms with Gasteiger partial charge in [0.1, 0.15) is 5.69 Å². The summed E-state index contributed by atoms with van der Waals surface area (Å²) in [6.07, 6.45) is -4.76. The van der Waals surface area contributed by atoms with E-state index in [9.17, 15) is 18.0 Å². The fraction of sp³-hybridized carbons (Fsp3) is 0.0833. The number of hydrogen-bond acceptors (Lipinski definition) is 1. The zero-order chi connectivity index (χ0) is 15.1. The Kier molecular flexibility index (Phi) is 4.04. The van der Waals surface area contributed by atoms with Crippen molar-refractivity contribution in [2.24, 2.45) is 0 Å². The highest BCUT2D eigenvalue weighted by Gasteiger charge is 2.36. The van der Waals surface area contributed by atoms with Crippen molar-refractivity contribution in [2.75, 3.05) is 0 Å². The Morgan fingerprint density at radius 2 is 1.55 bits per heavy atom. The van der Waals surface area contributed by atoms with Gasteiger partial charge in [-0.1, -0.05) is 34.8 Å². The molecule has 1 aromatic carbocycles. The molecule has 0 bridgehead atoms. The molecule has 0 unspecified atom stereocenters. The first-order valence-electron chi connectivity index (χ1n) is 5.16. The quantitative estimate of drug-likeness (QED) is 0.725. The number of H-pyrrole nitrogens is 1. The molecule has 20 heavy (non-hydrogen) atoms. The minimum atomic E-state index is -4.76. The Bertz CT molecular complexity index is 725. The van der Waals surface area contributed by atoms with Crippen LogP contribution in [0, 0.1) is 0 Å². The second-order valence-corrected chi connectivity index (χ2v) is 5.02. The summed E-state index contributed by atoms with van der Waals surface area (Å²) >= 11 is 17.6. The van der Waals surface area contributed by atoms with E-state index >= 15 is 0 Å². The number of hydrogen-bond donors (Lipinski definition) is 1. The highest BCUT2D eigenvalue weighted by Crippen LogP contribution is 2.43. The fourth-order valence-corrected chi connectivity index (χ4v) is 2.41. The van der Waals surface area contributed by atoms with Crippen molar-refractivity contribution in [3.8, 4) is 11.1 Å². The molecule has 1 N–H and O–H groups in total. The van der Waals surface area contributed by atoms with Gasteiger partial charge in [-0.3, -0.25) is 4.79 Å². The van der Waals surface area contributed by atoms with Crippen LogP contribution in [-0.4, -0.2) is 4.98 Å². The first-order valence-corrected chi connectivity index (χ1v) is 6.29. The van der Waals surface area contributed by atoms with Crippen molar-refractivity contribution in [3.05, 3.63) is 55.4 Å². The van der Waals surface area contributed by atoms with Gasteiger partial charge in [0.25, 0.3) is 0 Å². The van der Waals surface area contributed by atoms with E-state index in [0.717, 1.165) is 12.1 Å². The Morgan fingerprint density at radius 3 is 2.15 bits per heavy atom. The lowest BCUT2D eigenvalue weighted by molar-refractivity contribution is -0.140. The predicted molar refractivity (Wildman–Crippen MR) is 72.5 cm³/mol. The van der Waals surface area contributed by atoms with E-state index in [4.69, 9.17) is 34.8 Å². The maximum Gasteiger partial charge on any atom is 0.431 e. The van der Waals surface area contributed by atoms with Crippen LogP contribution in [0.3, 0.4) is 0 Å². The van der Waals surface area contributed by atoms with Crippen LogP contribution < -0.4 is 5.56 Å². The van der Waals surface area contributed by atoms with Crippen LogP contribution in [0.4, 0.5) is 13.2 Å². The Morgan fingerprint density at radius 1 is 0.950 bits per heavy atom. The average Bonchev–Trinajstić information content (AvgIpc) is 2.35. The fourth-order valence-electron chi connectivity index (χ4n) is 1.68. The van der Waals surface area contributed by atoms with Crippen molar-refractivity contribution in [1.82, 2.24) is 4.98 Å². The molecule has 2 aromatic rings. The zero-order valence-electron chi connectivity index (χ0n) is 9.49. The summed E-state index contributed by atoms with van der Waals surface area (Å²) in [5.41, 5.74) is -2.52.